The highest BCUT2D eigenvalue weighted by Gasteiger charge is 1.97. The number of hydrogen-bond acceptors (Lipinski definition) is 5. The van der Waals surface area contributed by atoms with Crippen molar-refractivity contribution in [2.24, 2.45) is 0 Å². The molecule has 0 radical (unpaired) electrons. The molecule has 0 aromatic carbocycles. The van der Waals surface area contributed by atoms with Crippen LogP contribution in [-0.4, -0.2) is 25.1 Å². The van der Waals surface area contributed by atoms with E-state index in [9.17, 15) is 4.79 Å². The van der Waals surface area contributed by atoms with Gasteiger partial charge in [-0.2, -0.15) is 5.10 Å². The first kappa shape index (κ1) is 8.42. The van der Waals surface area contributed by atoms with Crippen LogP contribution in [0.2, 0.25) is 0 Å². The highest BCUT2D eigenvalue weighted by molar-refractivity contribution is 5.29. The van der Waals surface area contributed by atoms with E-state index in [0.717, 1.165) is 0 Å². The molecular formula is C7H8N6O. The van der Waals surface area contributed by atoms with Gasteiger partial charge in [-0.25, -0.2) is 14.9 Å². The van der Waals surface area contributed by atoms with E-state index >= 15 is 0 Å². The third-order valence-electron chi connectivity index (χ3n) is 1.55. The van der Waals surface area contributed by atoms with Gasteiger partial charge >= 0.3 is 5.69 Å². The lowest BCUT2D eigenvalue weighted by Crippen LogP contribution is -2.05. The van der Waals surface area contributed by atoms with Crippen LogP contribution in [0.4, 0.5) is 5.82 Å². The summed E-state index contributed by atoms with van der Waals surface area (Å²) in [5.74, 6) is 1.16. The standard InChI is InChI=1S/C7H8N6O/c14-7-11-6(12-13-7)4-10-5-3-8-1-2-9-5/h1-3H,4H2,(H,9,10)(H2,11,12,13,14). The van der Waals surface area contributed by atoms with Gasteiger partial charge < -0.3 is 5.32 Å². The first-order valence-electron chi connectivity index (χ1n) is 3.98. The lowest BCUT2D eigenvalue weighted by molar-refractivity contribution is 0.944. The van der Waals surface area contributed by atoms with Crippen LogP contribution in [0.5, 0.6) is 0 Å². The maximum Gasteiger partial charge on any atom is 0.340 e. The molecule has 0 fully saturated rings. The van der Waals surface area contributed by atoms with E-state index in [1.54, 1.807) is 18.6 Å². The summed E-state index contributed by atoms with van der Waals surface area (Å²) in [5.41, 5.74) is -0.319. The molecule has 0 amide bonds. The minimum absolute atomic E-state index is 0.319. The fraction of sp³-hybridized carbons (Fsp3) is 0.143. The quantitative estimate of drug-likeness (QED) is 0.608. The van der Waals surface area contributed by atoms with Gasteiger partial charge in [-0.3, -0.25) is 9.97 Å². The van der Waals surface area contributed by atoms with Crippen LogP contribution in [-0.2, 0) is 6.54 Å². The molecular weight excluding hydrogens is 184 g/mol. The van der Waals surface area contributed by atoms with Crippen molar-refractivity contribution in [3.63, 3.8) is 0 Å². The average molecular weight is 192 g/mol. The number of hydrogen-bond donors (Lipinski definition) is 3. The Labute approximate surface area is 78.6 Å². The van der Waals surface area contributed by atoms with Gasteiger partial charge in [0.2, 0.25) is 0 Å². The first-order chi connectivity index (χ1) is 6.84. The zero-order valence-corrected chi connectivity index (χ0v) is 7.19. The Balaban J connectivity index is 1.98. The molecule has 14 heavy (non-hydrogen) atoms. The summed E-state index contributed by atoms with van der Waals surface area (Å²) in [7, 11) is 0. The molecule has 0 bridgehead atoms. The molecule has 7 nitrogen and oxygen atoms in total. The van der Waals surface area contributed by atoms with Crippen LogP contribution >= 0.6 is 0 Å². The third-order valence-corrected chi connectivity index (χ3v) is 1.55. The summed E-state index contributed by atoms with van der Waals surface area (Å²) in [6.45, 7) is 0.400. The SMILES string of the molecule is O=c1[nH]nc(CNc2cnccn2)[nH]1. The predicted octanol–water partition coefficient (Wildman–Crippen LogP) is -0.500. The van der Waals surface area contributed by atoms with Gasteiger partial charge in [0.15, 0.2) is 0 Å². The Morgan fingerprint density at radius 3 is 3.00 bits per heavy atom. The van der Waals surface area contributed by atoms with Crippen molar-refractivity contribution in [2.45, 2.75) is 6.54 Å². The van der Waals surface area contributed by atoms with E-state index in [1.807, 2.05) is 0 Å². The van der Waals surface area contributed by atoms with Crippen LogP contribution in [0.3, 0.4) is 0 Å². The normalized spacial score (nSPS) is 10.0. The van der Waals surface area contributed by atoms with Gasteiger partial charge in [0.25, 0.3) is 0 Å². The van der Waals surface area contributed by atoms with Crippen LogP contribution < -0.4 is 11.0 Å². The van der Waals surface area contributed by atoms with Gasteiger partial charge in [-0.1, -0.05) is 0 Å². The second kappa shape index (κ2) is 3.69. The minimum atomic E-state index is -0.319. The van der Waals surface area contributed by atoms with E-state index < -0.39 is 0 Å². The zero-order chi connectivity index (χ0) is 9.80. The first-order valence-corrected chi connectivity index (χ1v) is 3.98. The summed E-state index contributed by atoms with van der Waals surface area (Å²) in [5, 5.41) is 8.94. The molecule has 0 unspecified atom stereocenters. The van der Waals surface area contributed by atoms with Gasteiger partial charge in [0.1, 0.15) is 11.6 Å². The second-order valence-electron chi connectivity index (χ2n) is 2.57. The van der Waals surface area contributed by atoms with Gasteiger partial charge in [0, 0.05) is 12.4 Å². The Kier molecular flexibility index (Phi) is 2.22. The lowest BCUT2D eigenvalue weighted by atomic mass is 10.5. The average Bonchev–Trinajstić information content (AvgIpc) is 2.63. The number of nitrogens with zero attached hydrogens (tertiary/aromatic N) is 3. The Bertz CT molecular complexity index is 446. The Morgan fingerprint density at radius 1 is 1.43 bits per heavy atom. The maximum absolute atomic E-state index is 10.7. The number of rotatable bonds is 3. The maximum atomic E-state index is 10.7. The second-order valence-corrected chi connectivity index (χ2v) is 2.57. The van der Waals surface area contributed by atoms with E-state index in [1.165, 1.54) is 0 Å². The van der Waals surface area contributed by atoms with Crippen molar-refractivity contribution in [3.8, 4) is 0 Å². The summed E-state index contributed by atoms with van der Waals surface area (Å²) in [6.07, 6.45) is 4.75. The molecule has 2 rings (SSSR count). The molecule has 0 spiro atoms. The van der Waals surface area contributed by atoms with E-state index in [4.69, 9.17) is 0 Å². The zero-order valence-electron chi connectivity index (χ0n) is 7.19. The van der Waals surface area contributed by atoms with E-state index in [0.29, 0.717) is 18.2 Å². The summed E-state index contributed by atoms with van der Waals surface area (Å²) < 4.78 is 0. The molecule has 0 saturated heterocycles. The molecule has 7 heteroatoms. The van der Waals surface area contributed by atoms with Crippen LogP contribution in [0.25, 0.3) is 0 Å². The van der Waals surface area contributed by atoms with Gasteiger partial charge in [-0.05, 0) is 0 Å². The van der Waals surface area contributed by atoms with Crippen molar-refractivity contribution in [1.82, 2.24) is 25.1 Å². The number of aromatic nitrogens is 5. The van der Waals surface area contributed by atoms with Crippen molar-refractivity contribution in [1.29, 1.82) is 0 Å². The molecule has 2 aromatic heterocycles. The van der Waals surface area contributed by atoms with E-state index in [2.05, 4.69) is 30.5 Å². The third kappa shape index (κ3) is 1.94. The van der Waals surface area contributed by atoms with Crippen LogP contribution in [0.1, 0.15) is 5.82 Å². The minimum Gasteiger partial charge on any atom is -0.361 e. The van der Waals surface area contributed by atoms with Crippen molar-refractivity contribution in [2.75, 3.05) is 5.32 Å². The number of H-pyrrole nitrogens is 2. The largest absolute Gasteiger partial charge is 0.361 e. The van der Waals surface area contributed by atoms with Crippen molar-refractivity contribution < 1.29 is 0 Å². The molecule has 2 heterocycles. The van der Waals surface area contributed by atoms with E-state index in [-0.39, 0.29) is 5.69 Å². The molecule has 3 N–H and O–H groups in total. The smallest absolute Gasteiger partial charge is 0.340 e. The molecule has 0 atom stereocenters. The molecule has 72 valence electrons. The molecule has 0 aliphatic rings. The Morgan fingerprint density at radius 2 is 2.36 bits per heavy atom. The molecule has 2 aromatic rings. The topological polar surface area (TPSA) is 99.3 Å². The number of aromatic amines is 2. The fourth-order valence-electron chi connectivity index (χ4n) is 0.954. The highest BCUT2D eigenvalue weighted by Crippen LogP contribution is 1.97. The monoisotopic (exact) mass is 192 g/mol. The van der Waals surface area contributed by atoms with Crippen LogP contribution in [0, 0.1) is 0 Å². The molecule has 0 aliphatic heterocycles. The van der Waals surface area contributed by atoms with Crippen molar-refractivity contribution >= 4 is 5.82 Å². The Hall–Kier alpha value is -2.18. The number of nitrogens with one attached hydrogen (secondary N) is 3. The number of anilines is 1. The summed E-state index contributed by atoms with van der Waals surface area (Å²) in [4.78, 5) is 21.1. The predicted molar refractivity (Wildman–Crippen MR) is 48.6 cm³/mol. The molecule has 0 saturated carbocycles. The van der Waals surface area contributed by atoms with Gasteiger partial charge in [-0.15, -0.1) is 0 Å². The molecule has 0 aliphatic carbocycles. The summed E-state index contributed by atoms with van der Waals surface area (Å²) in [6, 6.07) is 0. The summed E-state index contributed by atoms with van der Waals surface area (Å²) >= 11 is 0. The fourth-order valence-corrected chi connectivity index (χ4v) is 0.954. The van der Waals surface area contributed by atoms with Crippen molar-refractivity contribution in [3.05, 3.63) is 34.9 Å². The highest BCUT2D eigenvalue weighted by atomic mass is 16.1. The lowest BCUT2D eigenvalue weighted by Gasteiger charge is -2.00. The van der Waals surface area contributed by atoms with Gasteiger partial charge in [0.05, 0.1) is 12.7 Å². The van der Waals surface area contributed by atoms with Crippen LogP contribution in [0.15, 0.2) is 23.4 Å².